The third kappa shape index (κ3) is 3.90. The summed E-state index contributed by atoms with van der Waals surface area (Å²) in [7, 11) is 3.87. The summed E-state index contributed by atoms with van der Waals surface area (Å²) in [5.41, 5.74) is 3.44. The van der Waals surface area contributed by atoms with E-state index in [0.29, 0.717) is 17.7 Å². The van der Waals surface area contributed by atoms with Gasteiger partial charge in [-0.2, -0.15) is 15.0 Å². The van der Waals surface area contributed by atoms with E-state index in [1.54, 1.807) is 0 Å². The molecule has 0 saturated carbocycles. The molecule has 0 aliphatic rings. The Morgan fingerprint density at radius 2 is 1.67 bits per heavy atom. The Morgan fingerprint density at radius 3 is 2.24 bits per heavy atom. The van der Waals surface area contributed by atoms with E-state index >= 15 is 0 Å². The van der Waals surface area contributed by atoms with E-state index < -0.39 is 0 Å². The maximum Gasteiger partial charge on any atom is 0.230 e. The number of hydrogen-bond donors (Lipinski definition) is 1. The van der Waals surface area contributed by atoms with E-state index in [0.717, 1.165) is 18.5 Å². The Kier molecular flexibility index (Phi) is 4.73. The van der Waals surface area contributed by atoms with Gasteiger partial charge in [0.15, 0.2) is 5.82 Å². The number of nitrogens with one attached hydrogen (secondary N) is 1. The number of nitrogens with zero attached hydrogens (tertiary/aromatic N) is 4. The Morgan fingerprint density at radius 1 is 1.00 bits per heavy atom. The number of aryl methyl sites for hydroxylation is 2. The molecule has 0 bridgehead atoms. The summed E-state index contributed by atoms with van der Waals surface area (Å²) in [4.78, 5) is 15.4. The summed E-state index contributed by atoms with van der Waals surface area (Å²) < 4.78 is 0. The molecule has 0 unspecified atom stereocenters. The summed E-state index contributed by atoms with van der Waals surface area (Å²) in [6, 6.07) is 6.35. The maximum atomic E-state index is 4.56. The van der Waals surface area contributed by atoms with Crippen molar-refractivity contribution in [2.75, 3.05) is 30.9 Å². The largest absolute Gasteiger partial charge is 0.354 e. The summed E-state index contributed by atoms with van der Waals surface area (Å²) in [6.45, 7) is 7.14. The lowest BCUT2D eigenvalue weighted by Gasteiger charge is -2.14. The third-order valence-electron chi connectivity index (χ3n) is 3.04. The molecule has 0 fully saturated rings. The molecule has 0 spiro atoms. The monoisotopic (exact) mass is 285 g/mol. The van der Waals surface area contributed by atoms with Crippen molar-refractivity contribution >= 4 is 11.9 Å². The fourth-order valence-electron chi connectivity index (χ4n) is 2.11. The van der Waals surface area contributed by atoms with E-state index in [1.807, 2.05) is 19.0 Å². The molecule has 0 radical (unpaired) electrons. The molecular formula is C16H23N5. The Balaban J connectivity index is 2.48. The number of aromatic nitrogens is 3. The van der Waals surface area contributed by atoms with Crippen LogP contribution in [0, 0.1) is 13.8 Å². The number of rotatable bonds is 5. The molecule has 2 rings (SSSR count). The van der Waals surface area contributed by atoms with Crippen LogP contribution in [0.3, 0.4) is 0 Å². The molecule has 0 aliphatic carbocycles. The molecule has 112 valence electrons. The van der Waals surface area contributed by atoms with Crippen LogP contribution in [0.25, 0.3) is 11.4 Å². The first-order valence-corrected chi connectivity index (χ1v) is 7.25. The second-order valence-electron chi connectivity index (χ2n) is 5.48. The molecule has 0 saturated heterocycles. The molecule has 5 nitrogen and oxygen atoms in total. The van der Waals surface area contributed by atoms with E-state index in [9.17, 15) is 0 Å². The highest BCUT2D eigenvalue weighted by Crippen LogP contribution is 2.21. The highest BCUT2D eigenvalue weighted by molar-refractivity contribution is 5.60. The molecule has 1 heterocycles. The predicted octanol–water partition coefficient (Wildman–Crippen LogP) is 3.04. The number of benzene rings is 1. The van der Waals surface area contributed by atoms with Gasteiger partial charge in [0.05, 0.1) is 0 Å². The number of anilines is 2. The maximum absolute atomic E-state index is 4.56. The summed E-state index contributed by atoms with van der Waals surface area (Å²) in [6.07, 6.45) is 1.03. The van der Waals surface area contributed by atoms with E-state index in [4.69, 9.17) is 0 Å². The molecular weight excluding hydrogens is 262 g/mol. The zero-order valence-electron chi connectivity index (χ0n) is 13.4. The van der Waals surface area contributed by atoms with Gasteiger partial charge in [-0.05, 0) is 32.4 Å². The average molecular weight is 285 g/mol. The van der Waals surface area contributed by atoms with Crippen molar-refractivity contribution in [1.82, 2.24) is 15.0 Å². The Hall–Kier alpha value is -2.17. The highest BCUT2D eigenvalue weighted by Gasteiger charge is 2.10. The lowest BCUT2D eigenvalue weighted by Crippen LogP contribution is -2.16. The molecule has 1 aromatic carbocycles. The summed E-state index contributed by atoms with van der Waals surface area (Å²) in [5.74, 6) is 2.00. The minimum absolute atomic E-state index is 0.629. The van der Waals surface area contributed by atoms with E-state index in [2.05, 4.69) is 59.2 Å². The van der Waals surface area contributed by atoms with Crippen LogP contribution < -0.4 is 10.2 Å². The summed E-state index contributed by atoms with van der Waals surface area (Å²) in [5, 5.41) is 3.24. The second-order valence-corrected chi connectivity index (χ2v) is 5.48. The van der Waals surface area contributed by atoms with Crippen LogP contribution >= 0.6 is 0 Å². The molecule has 0 aliphatic heterocycles. The van der Waals surface area contributed by atoms with Crippen molar-refractivity contribution in [3.63, 3.8) is 0 Å². The highest BCUT2D eigenvalue weighted by atomic mass is 15.3. The Bertz CT molecular complexity index is 602. The van der Waals surface area contributed by atoms with Crippen LogP contribution in [0.4, 0.5) is 11.9 Å². The molecule has 1 N–H and O–H groups in total. The third-order valence-corrected chi connectivity index (χ3v) is 3.04. The quantitative estimate of drug-likeness (QED) is 0.915. The Labute approximate surface area is 126 Å². The van der Waals surface area contributed by atoms with Gasteiger partial charge in [-0.25, -0.2) is 0 Å². The van der Waals surface area contributed by atoms with E-state index in [-0.39, 0.29) is 0 Å². The summed E-state index contributed by atoms with van der Waals surface area (Å²) >= 11 is 0. The van der Waals surface area contributed by atoms with Gasteiger partial charge < -0.3 is 10.2 Å². The second kappa shape index (κ2) is 6.52. The fraction of sp³-hybridized carbons (Fsp3) is 0.438. The number of hydrogen-bond acceptors (Lipinski definition) is 5. The molecule has 21 heavy (non-hydrogen) atoms. The smallest absolute Gasteiger partial charge is 0.230 e. The van der Waals surface area contributed by atoms with Gasteiger partial charge in [0, 0.05) is 26.2 Å². The minimum atomic E-state index is 0.629. The van der Waals surface area contributed by atoms with Crippen molar-refractivity contribution in [1.29, 1.82) is 0 Å². The molecule has 2 aromatic rings. The zero-order chi connectivity index (χ0) is 15.4. The van der Waals surface area contributed by atoms with E-state index in [1.165, 1.54) is 11.1 Å². The van der Waals surface area contributed by atoms with Crippen molar-refractivity contribution in [3.8, 4) is 11.4 Å². The van der Waals surface area contributed by atoms with Crippen molar-refractivity contribution < 1.29 is 0 Å². The lowest BCUT2D eigenvalue weighted by molar-refractivity contribution is 0.919. The van der Waals surface area contributed by atoms with Crippen LogP contribution in [-0.4, -0.2) is 35.6 Å². The van der Waals surface area contributed by atoms with Crippen LogP contribution in [-0.2, 0) is 0 Å². The van der Waals surface area contributed by atoms with Gasteiger partial charge in [0.25, 0.3) is 0 Å². The van der Waals surface area contributed by atoms with Crippen LogP contribution in [0.2, 0.25) is 0 Å². The average Bonchev–Trinajstić information content (AvgIpc) is 2.43. The normalized spacial score (nSPS) is 10.5. The van der Waals surface area contributed by atoms with Gasteiger partial charge in [0.2, 0.25) is 11.9 Å². The zero-order valence-corrected chi connectivity index (χ0v) is 13.4. The minimum Gasteiger partial charge on any atom is -0.354 e. The topological polar surface area (TPSA) is 53.9 Å². The van der Waals surface area contributed by atoms with Crippen molar-refractivity contribution in [2.24, 2.45) is 0 Å². The SMILES string of the molecule is CCCNc1nc(-c2cc(C)cc(C)c2)nc(N(C)C)n1. The fourth-order valence-corrected chi connectivity index (χ4v) is 2.11. The molecule has 0 amide bonds. The van der Waals surface area contributed by atoms with Gasteiger partial charge in [-0.15, -0.1) is 0 Å². The van der Waals surface area contributed by atoms with Gasteiger partial charge in [-0.3, -0.25) is 0 Å². The first-order valence-electron chi connectivity index (χ1n) is 7.25. The molecule has 5 heteroatoms. The lowest BCUT2D eigenvalue weighted by atomic mass is 10.1. The van der Waals surface area contributed by atoms with Gasteiger partial charge in [-0.1, -0.05) is 24.1 Å². The first kappa shape index (κ1) is 15.2. The van der Waals surface area contributed by atoms with Gasteiger partial charge >= 0.3 is 0 Å². The predicted molar refractivity (Wildman–Crippen MR) is 87.8 cm³/mol. The first-order chi connectivity index (χ1) is 9.99. The van der Waals surface area contributed by atoms with Gasteiger partial charge in [0.1, 0.15) is 0 Å². The van der Waals surface area contributed by atoms with Crippen LogP contribution in [0.5, 0.6) is 0 Å². The van der Waals surface area contributed by atoms with Crippen molar-refractivity contribution in [3.05, 3.63) is 29.3 Å². The van der Waals surface area contributed by atoms with Crippen LogP contribution in [0.1, 0.15) is 24.5 Å². The van der Waals surface area contributed by atoms with Crippen LogP contribution in [0.15, 0.2) is 18.2 Å². The molecule has 1 aromatic heterocycles. The molecule has 0 atom stereocenters. The van der Waals surface area contributed by atoms with Crippen molar-refractivity contribution in [2.45, 2.75) is 27.2 Å². The standard InChI is InChI=1S/C16H23N5/c1-6-7-17-15-18-14(19-16(20-15)21(4)5)13-9-11(2)8-12(3)10-13/h8-10H,6-7H2,1-5H3,(H,17,18,19,20).